The maximum atomic E-state index is 10.9. The van der Waals surface area contributed by atoms with Crippen LogP contribution in [0.25, 0.3) is 0 Å². The summed E-state index contributed by atoms with van der Waals surface area (Å²) in [5.74, 6) is 2.62. The molecule has 0 fully saturated rings. The van der Waals surface area contributed by atoms with Gasteiger partial charge >= 0.3 is 0 Å². The number of anilines is 3. The highest BCUT2D eigenvalue weighted by atomic mass is 16.1. The summed E-state index contributed by atoms with van der Waals surface area (Å²) in [5, 5.41) is 6.04. The van der Waals surface area contributed by atoms with Gasteiger partial charge < -0.3 is 10.6 Å². The molecule has 2 N–H and O–H groups in total. The number of carbonyl (C=O) groups excluding carboxylic acids is 1. The van der Waals surface area contributed by atoms with Crippen LogP contribution >= 0.6 is 0 Å². The van der Waals surface area contributed by atoms with Crippen molar-refractivity contribution in [1.82, 2.24) is 15.0 Å². The largest absolute Gasteiger partial charge is 0.363 e. The lowest BCUT2D eigenvalue weighted by Gasteiger charge is -2.08. The number of nitrogens with one attached hydrogen (secondary N) is 2. The first kappa shape index (κ1) is 12.9. The van der Waals surface area contributed by atoms with Gasteiger partial charge in [-0.15, -0.1) is 0 Å². The molecule has 2 heterocycles. The van der Waals surface area contributed by atoms with E-state index >= 15 is 0 Å². The molecule has 2 rings (SSSR count). The maximum Gasteiger partial charge on any atom is 0.148 e. The van der Waals surface area contributed by atoms with E-state index in [0.717, 1.165) is 0 Å². The van der Waals surface area contributed by atoms with Crippen molar-refractivity contribution in [3.8, 4) is 0 Å². The SMILES string of the molecule is CC(=O)CNc1cc(Nc2ccccn2)nc(C)n1. The van der Waals surface area contributed by atoms with Gasteiger partial charge in [0.2, 0.25) is 0 Å². The molecular formula is C13H15N5O. The van der Waals surface area contributed by atoms with Gasteiger partial charge in [0.25, 0.3) is 0 Å². The third-order valence-corrected chi connectivity index (χ3v) is 2.28. The van der Waals surface area contributed by atoms with Gasteiger partial charge in [-0.1, -0.05) is 6.07 Å². The van der Waals surface area contributed by atoms with Gasteiger partial charge in [-0.05, 0) is 26.0 Å². The average molecular weight is 257 g/mol. The highest BCUT2D eigenvalue weighted by Crippen LogP contribution is 2.15. The Labute approximate surface area is 111 Å². The van der Waals surface area contributed by atoms with E-state index in [1.54, 1.807) is 19.2 Å². The van der Waals surface area contributed by atoms with Crippen molar-refractivity contribution in [1.29, 1.82) is 0 Å². The molecule has 0 spiro atoms. The Bertz CT molecular complexity index is 571. The lowest BCUT2D eigenvalue weighted by molar-refractivity contribution is -0.115. The molecular weight excluding hydrogens is 242 g/mol. The third kappa shape index (κ3) is 4.02. The fraction of sp³-hybridized carbons (Fsp3) is 0.231. The Hall–Kier alpha value is -2.50. The summed E-state index contributed by atoms with van der Waals surface area (Å²) in [6, 6.07) is 7.32. The Morgan fingerprint density at radius 2 is 2.00 bits per heavy atom. The zero-order valence-electron chi connectivity index (χ0n) is 10.8. The molecule has 0 amide bonds. The Morgan fingerprint density at radius 3 is 2.68 bits per heavy atom. The lowest BCUT2D eigenvalue weighted by Crippen LogP contribution is -2.12. The number of pyridine rings is 1. The van der Waals surface area contributed by atoms with Crippen molar-refractivity contribution in [3.63, 3.8) is 0 Å². The van der Waals surface area contributed by atoms with E-state index in [2.05, 4.69) is 25.6 Å². The van der Waals surface area contributed by atoms with Gasteiger partial charge in [-0.2, -0.15) is 0 Å². The summed E-state index contributed by atoms with van der Waals surface area (Å²) < 4.78 is 0. The number of carbonyl (C=O) groups is 1. The topological polar surface area (TPSA) is 79.8 Å². The molecule has 19 heavy (non-hydrogen) atoms. The molecule has 0 bridgehead atoms. The molecule has 6 nitrogen and oxygen atoms in total. The second-order valence-electron chi connectivity index (χ2n) is 4.08. The zero-order chi connectivity index (χ0) is 13.7. The van der Waals surface area contributed by atoms with E-state index in [1.807, 2.05) is 18.2 Å². The van der Waals surface area contributed by atoms with Crippen molar-refractivity contribution >= 4 is 23.2 Å². The van der Waals surface area contributed by atoms with Gasteiger partial charge in [0.15, 0.2) is 0 Å². The molecule has 2 aromatic heterocycles. The van der Waals surface area contributed by atoms with E-state index in [1.165, 1.54) is 6.92 Å². The zero-order valence-corrected chi connectivity index (χ0v) is 10.8. The number of ketones is 1. The molecule has 0 aromatic carbocycles. The van der Waals surface area contributed by atoms with E-state index < -0.39 is 0 Å². The summed E-state index contributed by atoms with van der Waals surface area (Å²) in [6.07, 6.45) is 1.70. The van der Waals surface area contributed by atoms with E-state index in [4.69, 9.17) is 0 Å². The van der Waals surface area contributed by atoms with Crippen LogP contribution in [0.15, 0.2) is 30.5 Å². The molecule has 0 aliphatic heterocycles. The number of aromatic nitrogens is 3. The first-order valence-electron chi connectivity index (χ1n) is 5.90. The quantitative estimate of drug-likeness (QED) is 0.852. The van der Waals surface area contributed by atoms with Crippen LogP contribution in [0.3, 0.4) is 0 Å². The number of Topliss-reactive ketones (excluding diaryl/α,β-unsaturated/α-hetero) is 1. The first-order chi connectivity index (χ1) is 9.13. The average Bonchev–Trinajstić information content (AvgIpc) is 2.37. The standard InChI is InChI=1S/C13H15N5O/c1-9(19)8-15-12-7-13(17-10(2)16-12)18-11-5-3-4-6-14-11/h3-7H,8H2,1-2H3,(H2,14,15,16,17,18). The number of aryl methyl sites for hydroxylation is 1. The van der Waals surface area contributed by atoms with Gasteiger partial charge in [0, 0.05) is 12.3 Å². The van der Waals surface area contributed by atoms with Crippen molar-refractivity contribution in [3.05, 3.63) is 36.3 Å². The number of hydrogen-bond donors (Lipinski definition) is 2. The fourth-order valence-electron chi connectivity index (χ4n) is 1.51. The van der Waals surface area contributed by atoms with Crippen LogP contribution in [0.4, 0.5) is 17.5 Å². The molecule has 6 heteroatoms. The van der Waals surface area contributed by atoms with Gasteiger partial charge in [-0.3, -0.25) is 4.79 Å². The Balaban J connectivity index is 2.14. The number of hydrogen-bond acceptors (Lipinski definition) is 6. The Kier molecular flexibility index (Phi) is 4.02. The maximum absolute atomic E-state index is 10.9. The molecule has 0 aliphatic carbocycles. The highest BCUT2D eigenvalue weighted by Gasteiger charge is 2.03. The van der Waals surface area contributed by atoms with Crippen LogP contribution in [0.5, 0.6) is 0 Å². The highest BCUT2D eigenvalue weighted by molar-refractivity contribution is 5.80. The summed E-state index contributed by atoms with van der Waals surface area (Å²) in [7, 11) is 0. The summed E-state index contributed by atoms with van der Waals surface area (Å²) >= 11 is 0. The molecule has 0 saturated carbocycles. The normalized spacial score (nSPS) is 10.0. The van der Waals surface area contributed by atoms with E-state index in [9.17, 15) is 4.79 Å². The van der Waals surface area contributed by atoms with Crippen molar-refractivity contribution < 1.29 is 4.79 Å². The second-order valence-corrected chi connectivity index (χ2v) is 4.08. The summed E-state index contributed by atoms with van der Waals surface area (Å²) in [4.78, 5) is 23.6. The molecule has 98 valence electrons. The van der Waals surface area contributed by atoms with Crippen LogP contribution in [0.2, 0.25) is 0 Å². The third-order valence-electron chi connectivity index (χ3n) is 2.28. The smallest absolute Gasteiger partial charge is 0.148 e. The summed E-state index contributed by atoms with van der Waals surface area (Å²) in [6.45, 7) is 3.57. The van der Waals surface area contributed by atoms with Crippen LogP contribution in [0, 0.1) is 6.92 Å². The van der Waals surface area contributed by atoms with Crippen LogP contribution in [0.1, 0.15) is 12.7 Å². The molecule has 0 radical (unpaired) electrons. The second kappa shape index (κ2) is 5.90. The van der Waals surface area contributed by atoms with Crippen molar-refractivity contribution in [2.45, 2.75) is 13.8 Å². The Morgan fingerprint density at radius 1 is 1.21 bits per heavy atom. The van der Waals surface area contributed by atoms with Crippen LogP contribution in [-0.2, 0) is 4.79 Å². The minimum atomic E-state index is 0.0514. The van der Waals surface area contributed by atoms with Crippen LogP contribution < -0.4 is 10.6 Å². The molecule has 0 atom stereocenters. The van der Waals surface area contributed by atoms with E-state index in [-0.39, 0.29) is 12.3 Å². The van der Waals surface area contributed by atoms with E-state index in [0.29, 0.717) is 23.3 Å². The van der Waals surface area contributed by atoms with Crippen LogP contribution in [-0.4, -0.2) is 27.3 Å². The first-order valence-corrected chi connectivity index (χ1v) is 5.90. The molecule has 2 aromatic rings. The van der Waals surface area contributed by atoms with Gasteiger partial charge in [-0.25, -0.2) is 15.0 Å². The molecule has 0 saturated heterocycles. The van der Waals surface area contributed by atoms with Gasteiger partial charge in [0.05, 0.1) is 6.54 Å². The monoisotopic (exact) mass is 257 g/mol. The minimum absolute atomic E-state index is 0.0514. The van der Waals surface area contributed by atoms with Crippen molar-refractivity contribution in [2.24, 2.45) is 0 Å². The number of rotatable bonds is 5. The predicted molar refractivity (Wildman–Crippen MR) is 73.5 cm³/mol. The summed E-state index contributed by atoms with van der Waals surface area (Å²) in [5.41, 5.74) is 0. The molecule has 0 aliphatic rings. The predicted octanol–water partition coefficient (Wildman–Crippen LogP) is 1.92. The fourth-order valence-corrected chi connectivity index (χ4v) is 1.51. The van der Waals surface area contributed by atoms with Gasteiger partial charge in [0.1, 0.15) is 29.1 Å². The number of nitrogens with zero attached hydrogens (tertiary/aromatic N) is 3. The molecule has 0 unspecified atom stereocenters. The minimum Gasteiger partial charge on any atom is -0.363 e. The van der Waals surface area contributed by atoms with Crippen molar-refractivity contribution in [2.75, 3.05) is 17.2 Å². The lowest BCUT2D eigenvalue weighted by atomic mass is 10.4.